The topological polar surface area (TPSA) is 99.4 Å². The van der Waals surface area contributed by atoms with Crippen LogP contribution in [0, 0.1) is 11.7 Å². The lowest BCUT2D eigenvalue weighted by Gasteiger charge is -2.27. The molecule has 1 N–H and O–H groups in total. The number of carboxylic acids is 1. The second-order valence-electron chi connectivity index (χ2n) is 10.7. The molecule has 0 amide bonds. The summed E-state index contributed by atoms with van der Waals surface area (Å²) < 4.78 is 28.9. The van der Waals surface area contributed by atoms with Gasteiger partial charge in [-0.25, -0.2) is 14.4 Å². The Labute approximate surface area is 240 Å². The summed E-state index contributed by atoms with van der Waals surface area (Å²) in [6.45, 7) is 2.12. The van der Waals surface area contributed by atoms with E-state index in [9.17, 15) is 14.3 Å². The molecule has 0 atom stereocenters. The van der Waals surface area contributed by atoms with Gasteiger partial charge in [0.2, 0.25) is 5.88 Å². The molecule has 0 bridgehead atoms. The molecular formula is C29H27Cl2FN4O4. The zero-order valence-electron chi connectivity index (χ0n) is 21.7. The molecule has 40 heavy (non-hydrogen) atoms. The van der Waals surface area contributed by atoms with Crippen LogP contribution in [-0.2, 0) is 11.3 Å². The van der Waals surface area contributed by atoms with E-state index in [-0.39, 0.29) is 24.2 Å². The lowest BCUT2D eigenvalue weighted by molar-refractivity contribution is -0.143. The summed E-state index contributed by atoms with van der Waals surface area (Å²) in [4.78, 5) is 24.9. The third-order valence-corrected chi connectivity index (χ3v) is 8.19. The average molecular weight is 585 g/mol. The Morgan fingerprint density at radius 3 is 2.60 bits per heavy atom. The Kier molecular flexibility index (Phi) is 7.04. The van der Waals surface area contributed by atoms with Crippen molar-refractivity contribution in [3.63, 3.8) is 0 Å². The molecule has 0 aliphatic heterocycles. The van der Waals surface area contributed by atoms with Gasteiger partial charge in [-0.1, -0.05) is 23.2 Å². The van der Waals surface area contributed by atoms with Crippen molar-refractivity contribution in [1.29, 1.82) is 0 Å². The Balaban J connectivity index is 1.36. The molecule has 0 radical (unpaired) electrons. The highest BCUT2D eigenvalue weighted by Crippen LogP contribution is 2.41. The molecule has 2 aromatic carbocycles. The van der Waals surface area contributed by atoms with Gasteiger partial charge >= 0.3 is 5.97 Å². The summed E-state index contributed by atoms with van der Waals surface area (Å²) in [5.74, 6) is -0.0514. The molecule has 2 heterocycles. The van der Waals surface area contributed by atoms with Crippen molar-refractivity contribution in [1.82, 2.24) is 19.5 Å². The molecule has 11 heteroatoms. The molecule has 2 aromatic heterocycles. The maximum absolute atomic E-state index is 14.8. The van der Waals surface area contributed by atoms with Crippen molar-refractivity contribution in [3.8, 4) is 23.0 Å². The van der Waals surface area contributed by atoms with Crippen molar-refractivity contribution in [2.75, 3.05) is 0 Å². The second kappa shape index (κ2) is 10.5. The van der Waals surface area contributed by atoms with Gasteiger partial charge in [0.05, 0.1) is 23.6 Å². The number of ether oxygens (including phenoxy) is 2. The van der Waals surface area contributed by atoms with Gasteiger partial charge in [-0.05, 0) is 81.8 Å². The van der Waals surface area contributed by atoms with Crippen LogP contribution < -0.4 is 9.47 Å². The summed E-state index contributed by atoms with van der Waals surface area (Å²) in [6.07, 6.45) is 5.68. The van der Waals surface area contributed by atoms with E-state index in [2.05, 4.69) is 9.97 Å². The number of rotatable bonds is 8. The molecule has 2 aliphatic carbocycles. The molecule has 6 rings (SSSR count). The zero-order valence-corrected chi connectivity index (χ0v) is 23.3. The number of halogens is 3. The average Bonchev–Trinajstić information content (AvgIpc) is 3.54. The maximum atomic E-state index is 14.8. The van der Waals surface area contributed by atoms with Crippen molar-refractivity contribution in [2.45, 2.75) is 63.7 Å². The van der Waals surface area contributed by atoms with E-state index in [0.717, 1.165) is 12.8 Å². The SMILES string of the molecule is CC1(Oc2ncnc3c2nc(-c2ccc(OC4CCC(C(=O)O)CC4)cc2Cl)n3Cc2cc(Cl)ccc2F)CC1. The van der Waals surface area contributed by atoms with Crippen LogP contribution in [0.5, 0.6) is 11.6 Å². The standard InChI is InChI=1S/C29H27Cl2FN4O4/c1-29(10-11-29)40-27-24-26(33-15-34-27)36(14-17-12-18(30)4-9-23(17)32)25(35-24)21-8-7-20(13-22(21)31)39-19-5-2-16(3-6-19)28(37)38/h4,7-9,12-13,15-16,19H,2-3,5-6,10-11,14H2,1H3,(H,37,38). The van der Waals surface area contributed by atoms with Crippen LogP contribution in [0.3, 0.4) is 0 Å². The van der Waals surface area contributed by atoms with Crippen LogP contribution in [0.15, 0.2) is 42.7 Å². The first-order valence-electron chi connectivity index (χ1n) is 13.2. The monoisotopic (exact) mass is 584 g/mol. The number of hydrogen-bond donors (Lipinski definition) is 1. The van der Waals surface area contributed by atoms with E-state index in [1.165, 1.54) is 18.5 Å². The van der Waals surface area contributed by atoms with E-state index in [0.29, 0.717) is 75.5 Å². The molecule has 8 nitrogen and oxygen atoms in total. The van der Waals surface area contributed by atoms with Gasteiger partial charge in [-0.2, -0.15) is 4.98 Å². The largest absolute Gasteiger partial charge is 0.490 e. The van der Waals surface area contributed by atoms with Crippen molar-refractivity contribution in [2.24, 2.45) is 5.92 Å². The molecule has 2 fully saturated rings. The Morgan fingerprint density at radius 2 is 1.90 bits per heavy atom. The fourth-order valence-corrected chi connectivity index (χ4v) is 5.51. The Morgan fingerprint density at radius 1 is 1.12 bits per heavy atom. The van der Waals surface area contributed by atoms with E-state index in [1.807, 2.05) is 19.1 Å². The van der Waals surface area contributed by atoms with E-state index in [4.69, 9.17) is 37.7 Å². The zero-order chi connectivity index (χ0) is 28.0. The lowest BCUT2D eigenvalue weighted by atomic mass is 9.87. The number of nitrogens with zero attached hydrogens (tertiary/aromatic N) is 4. The number of carbonyl (C=O) groups is 1. The first kappa shape index (κ1) is 26.8. The third-order valence-electron chi connectivity index (χ3n) is 7.64. The van der Waals surface area contributed by atoms with Crippen LogP contribution in [-0.4, -0.2) is 42.3 Å². The number of aliphatic carboxylic acids is 1. The highest BCUT2D eigenvalue weighted by atomic mass is 35.5. The van der Waals surface area contributed by atoms with Gasteiger partial charge < -0.3 is 19.1 Å². The summed E-state index contributed by atoms with van der Waals surface area (Å²) in [7, 11) is 0. The molecule has 208 valence electrons. The normalized spacial score (nSPS) is 19.9. The predicted octanol–water partition coefficient (Wildman–Crippen LogP) is 6.94. The highest BCUT2D eigenvalue weighted by Gasteiger charge is 2.41. The van der Waals surface area contributed by atoms with Crippen LogP contribution in [0.2, 0.25) is 10.0 Å². The molecule has 4 aromatic rings. The predicted molar refractivity (Wildman–Crippen MR) is 149 cm³/mol. The van der Waals surface area contributed by atoms with E-state index >= 15 is 0 Å². The second-order valence-corrected chi connectivity index (χ2v) is 11.6. The first-order chi connectivity index (χ1) is 19.2. The smallest absolute Gasteiger partial charge is 0.306 e. The molecule has 2 aliphatic rings. The number of imidazole rings is 1. The Bertz CT molecular complexity index is 1600. The summed E-state index contributed by atoms with van der Waals surface area (Å²) in [6, 6.07) is 9.75. The molecule has 0 saturated heterocycles. The summed E-state index contributed by atoms with van der Waals surface area (Å²) in [5.41, 5.74) is 1.63. The number of carboxylic acid groups (broad SMARTS) is 1. The van der Waals surface area contributed by atoms with Gasteiger partial charge in [-0.15, -0.1) is 0 Å². The number of aromatic nitrogens is 4. The molecular weight excluding hydrogens is 558 g/mol. The number of hydrogen-bond acceptors (Lipinski definition) is 6. The number of benzene rings is 2. The summed E-state index contributed by atoms with van der Waals surface area (Å²) >= 11 is 13.0. The maximum Gasteiger partial charge on any atom is 0.306 e. The van der Waals surface area contributed by atoms with Gasteiger partial charge in [0.25, 0.3) is 0 Å². The van der Waals surface area contributed by atoms with Crippen LogP contribution in [0.4, 0.5) is 4.39 Å². The van der Waals surface area contributed by atoms with E-state index < -0.39 is 11.8 Å². The highest BCUT2D eigenvalue weighted by molar-refractivity contribution is 6.33. The van der Waals surface area contributed by atoms with Gasteiger partial charge in [0.15, 0.2) is 11.2 Å². The van der Waals surface area contributed by atoms with Crippen LogP contribution in [0.1, 0.15) is 51.0 Å². The summed E-state index contributed by atoms with van der Waals surface area (Å²) in [5, 5.41) is 10.1. The Hall–Kier alpha value is -3.43. The van der Waals surface area contributed by atoms with Crippen LogP contribution >= 0.6 is 23.2 Å². The van der Waals surface area contributed by atoms with Crippen LogP contribution in [0.25, 0.3) is 22.6 Å². The van der Waals surface area contributed by atoms with Gasteiger partial charge in [0, 0.05) is 16.1 Å². The third kappa shape index (κ3) is 5.45. The minimum Gasteiger partial charge on any atom is -0.490 e. The van der Waals surface area contributed by atoms with Crippen molar-refractivity contribution < 1.29 is 23.8 Å². The fourth-order valence-electron chi connectivity index (χ4n) is 5.06. The first-order valence-corrected chi connectivity index (χ1v) is 14.0. The molecule has 2 saturated carbocycles. The molecule has 0 unspecified atom stereocenters. The quantitative estimate of drug-likeness (QED) is 0.239. The minimum atomic E-state index is -0.754. The van der Waals surface area contributed by atoms with Crippen molar-refractivity contribution >= 4 is 40.3 Å². The lowest BCUT2D eigenvalue weighted by Crippen LogP contribution is -2.27. The fraction of sp³-hybridized carbons (Fsp3) is 0.379. The van der Waals surface area contributed by atoms with E-state index in [1.54, 1.807) is 16.7 Å². The minimum absolute atomic E-state index is 0.0772. The number of fused-ring (bicyclic) bond motifs is 1. The van der Waals surface area contributed by atoms with Gasteiger partial charge in [0.1, 0.15) is 29.3 Å². The molecule has 0 spiro atoms. The van der Waals surface area contributed by atoms with Gasteiger partial charge in [-0.3, -0.25) is 4.79 Å². The van der Waals surface area contributed by atoms with Crippen molar-refractivity contribution in [3.05, 3.63) is 64.2 Å².